The number of carboxylic acid groups (broad SMARTS) is 1. The first-order valence-electron chi connectivity index (χ1n) is 10.2. The van der Waals surface area contributed by atoms with E-state index in [1.165, 1.54) is 62.8 Å². The van der Waals surface area contributed by atoms with Gasteiger partial charge >= 0.3 is 5.97 Å². The number of carbonyl (C=O) groups is 3. The van der Waals surface area contributed by atoms with E-state index in [4.69, 9.17) is 0 Å². The van der Waals surface area contributed by atoms with E-state index >= 15 is 0 Å². The number of hydrogen-bond donors (Lipinski definition) is 2. The van der Waals surface area contributed by atoms with E-state index in [0.717, 1.165) is 24.8 Å². The number of hydrogen-bond acceptors (Lipinski definition) is 4. The van der Waals surface area contributed by atoms with Gasteiger partial charge in [-0.1, -0.05) is 57.9 Å². The van der Waals surface area contributed by atoms with Crippen LogP contribution in [0.3, 0.4) is 0 Å². The first-order chi connectivity index (χ1) is 12.9. The van der Waals surface area contributed by atoms with E-state index < -0.39 is 12.0 Å². The summed E-state index contributed by atoms with van der Waals surface area (Å²) in [5, 5.41) is 11.6. The second kappa shape index (κ2) is 13.0. The Morgan fingerprint density at radius 1 is 1.19 bits per heavy atom. The van der Waals surface area contributed by atoms with Crippen LogP contribution in [0, 0.1) is 5.92 Å². The smallest absolute Gasteiger partial charge is 0.327 e. The second-order valence-electron chi connectivity index (χ2n) is 7.53. The van der Waals surface area contributed by atoms with Crippen molar-refractivity contribution in [2.75, 3.05) is 11.5 Å². The molecule has 0 aromatic rings. The van der Waals surface area contributed by atoms with E-state index in [9.17, 15) is 19.5 Å². The monoisotopic (exact) mass is 397 g/mol. The SMILES string of the molecule is CCCCCCCCCC1=C(CSCC(NC(C)=O)C(=O)O)C(=O)C(C)C1. The van der Waals surface area contributed by atoms with Gasteiger partial charge in [-0.2, -0.15) is 11.8 Å². The molecule has 0 saturated carbocycles. The van der Waals surface area contributed by atoms with Crippen molar-refractivity contribution in [1.82, 2.24) is 5.32 Å². The number of allylic oxidation sites excluding steroid dienone is 1. The highest BCUT2D eigenvalue weighted by molar-refractivity contribution is 7.99. The maximum Gasteiger partial charge on any atom is 0.327 e. The first-order valence-corrected chi connectivity index (χ1v) is 11.3. The average Bonchev–Trinajstić information content (AvgIpc) is 2.87. The van der Waals surface area contributed by atoms with Gasteiger partial charge in [0.05, 0.1) is 0 Å². The predicted octanol–water partition coefficient (Wildman–Crippen LogP) is 4.36. The molecule has 1 aliphatic rings. The number of amides is 1. The Balaban J connectivity index is 2.47. The molecule has 0 saturated heterocycles. The molecule has 0 fully saturated rings. The third-order valence-corrected chi connectivity index (χ3v) is 6.07. The molecular weight excluding hydrogens is 362 g/mol. The standard InChI is InChI=1S/C21H35NO4S/c1-4-5-6-7-8-9-10-11-17-12-15(2)20(24)18(17)13-27-14-19(21(25)26)22-16(3)23/h15,19H,4-14H2,1-3H3,(H,22,23)(H,25,26). The van der Waals surface area contributed by atoms with Gasteiger partial charge in [0.25, 0.3) is 0 Å². The van der Waals surface area contributed by atoms with E-state index in [2.05, 4.69) is 12.2 Å². The summed E-state index contributed by atoms with van der Waals surface area (Å²) < 4.78 is 0. The molecule has 6 heteroatoms. The maximum atomic E-state index is 12.5. The summed E-state index contributed by atoms with van der Waals surface area (Å²) in [6, 6.07) is -0.909. The molecule has 1 rings (SSSR count). The molecule has 2 atom stereocenters. The van der Waals surface area contributed by atoms with Gasteiger partial charge in [0, 0.05) is 29.9 Å². The largest absolute Gasteiger partial charge is 0.480 e. The van der Waals surface area contributed by atoms with Gasteiger partial charge in [-0.15, -0.1) is 0 Å². The normalized spacial score (nSPS) is 18.0. The lowest BCUT2D eigenvalue weighted by molar-refractivity contribution is -0.140. The molecule has 0 radical (unpaired) electrons. The van der Waals surface area contributed by atoms with Gasteiger partial charge in [0.15, 0.2) is 5.78 Å². The molecule has 0 aromatic carbocycles. The fourth-order valence-corrected chi connectivity index (χ4v) is 4.61. The lowest BCUT2D eigenvalue weighted by Crippen LogP contribution is -2.41. The maximum absolute atomic E-state index is 12.5. The van der Waals surface area contributed by atoms with E-state index in [-0.39, 0.29) is 23.4 Å². The molecule has 0 heterocycles. The fourth-order valence-electron chi connectivity index (χ4n) is 3.48. The average molecular weight is 398 g/mol. The molecule has 0 aliphatic heterocycles. The molecule has 2 N–H and O–H groups in total. The molecule has 0 spiro atoms. The lowest BCUT2D eigenvalue weighted by atomic mass is 10.0. The zero-order valence-electron chi connectivity index (χ0n) is 17.0. The molecule has 27 heavy (non-hydrogen) atoms. The molecule has 1 aliphatic carbocycles. The van der Waals surface area contributed by atoms with Crippen LogP contribution < -0.4 is 5.32 Å². The predicted molar refractivity (Wildman–Crippen MR) is 111 cm³/mol. The van der Waals surface area contributed by atoms with Gasteiger partial charge in [0.1, 0.15) is 6.04 Å². The summed E-state index contributed by atoms with van der Waals surface area (Å²) in [5.41, 5.74) is 2.16. The van der Waals surface area contributed by atoms with E-state index in [1.807, 2.05) is 6.92 Å². The van der Waals surface area contributed by atoms with Crippen LogP contribution >= 0.6 is 11.8 Å². The van der Waals surface area contributed by atoms with Crippen LogP contribution in [0.1, 0.15) is 78.6 Å². The van der Waals surface area contributed by atoms with Crippen LogP contribution in [0.15, 0.2) is 11.1 Å². The summed E-state index contributed by atoms with van der Waals surface area (Å²) in [5.74, 6) is -0.325. The van der Waals surface area contributed by atoms with Crippen molar-refractivity contribution in [1.29, 1.82) is 0 Å². The topological polar surface area (TPSA) is 83.5 Å². The highest BCUT2D eigenvalue weighted by Gasteiger charge is 2.29. The van der Waals surface area contributed by atoms with Crippen LogP contribution in [0.2, 0.25) is 0 Å². The van der Waals surface area contributed by atoms with Crippen LogP contribution in [-0.4, -0.2) is 40.3 Å². The number of carboxylic acids is 1. The number of Topliss-reactive ketones (excluding diaryl/α,β-unsaturated/α-hetero) is 1. The van der Waals surface area contributed by atoms with Crippen molar-refractivity contribution < 1.29 is 19.5 Å². The number of unbranched alkanes of at least 4 members (excludes halogenated alkanes) is 6. The van der Waals surface area contributed by atoms with Crippen molar-refractivity contribution >= 4 is 29.4 Å². The Kier molecular flexibility index (Phi) is 11.4. The van der Waals surface area contributed by atoms with Crippen LogP contribution in [0.4, 0.5) is 0 Å². The molecule has 154 valence electrons. The number of aliphatic carboxylic acids is 1. The molecule has 1 amide bonds. The number of rotatable bonds is 14. The Morgan fingerprint density at radius 3 is 2.41 bits per heavy atom. The van der Waals surface area contributed by atoms with Gasteiger partial charge in [-0.05, 0) is 19.3 Å². The van der Waals surface area contributed by atoms with Crippen molar-refractivity contribution in [3.63, 3.8) is 0 Å². The molecular formula is C21H35NO4S. The van der Waals surface area contributed by atoms with E-state index in [1.54, 1.807) is 0 Å². The Bertz CT molecular complexity index is 544. The summed E-state index contributed by atoms with van der Waals surface area (Å²) in [6.07, 6.45) is 10.6. The number of thioether (sulfide) groups is 1. The molecule has 0 aromatic heterocycles. The Labute approximate surface area is 167 Å². The first kappa shape index (κ1) is 23.7. The highest BCUT2D eigenvalue weighted by Crippen LogP contribution is 2.33. The number of nitrogens with one attached hydrogen (secondary N) is 1. The second-order valence-corrected chi connectivity index (χ2v) is 8.56. The molecule has 0 bridgehead atoms. The summed E-state index contributed by atoms with van der Waals surface area (Å²) in [7, 11) is 0. The lowest BCUT2D eigenvalue weighted by Gasteiger charge is -2.13. The van der Waals surface area contributed by atoms with Crippen molar-refractivity contribution in [2.45, 2.75) is 84.6 Å². The van der Waals surface area contributed by atoms with E-state index in [0.29, 0.717) is 5.75 Å². The van der Waals surface area contributed by atoms with Gasteiger partial charge < -0.3 is 10.4 Å². The van der Waals surface area contributed by atoms with Gasteiger partial charge in [-0.3, -0.25) is 9.59 Å². The summed E-state index contributed by atoms with van der Waals surface area (Å²) >= 11 is 1.42. The molecule has 2 unspecified atom stereocenters. The third kappa shape index (κ3) is 8.96. The quantitative estimate of drug-likeness (QED) is 0.426. The zero-order valence-corrected chi connectivity index (χ0v) is 17.8. The van der Waals surface area contributed by atoms with Crippen molar-refractivity contribution in [3.8, 4) is 0 Å². The molecule has 5 nitrogen and oxygen atoms in total. The Morgan fingerprint density at radius 2 is 1.81 bits per heavy atom. The number of carbonyl (C=O) groups excluding carboxylic acids is 2. The zero-order chi connectivity index (χ0) is 20.2. The summed E-state index contributed by atoms with van der Waals surface area (Å²) in [4.78, 5) is 34.8. The minimum absolute atomic E-state index is 0.0470. The minimum Gasteiger partial charge on any atom is -0.480 e. The van der Waals surface area contributed by atoms with Crippen LogP contribution in [0.5, 0.6) is 0 Å². The van der Waals surface area contributed by atoms with Gasteiger partial charge in [-0.25, -0.2) is 4.79 Å². The van der Waals surface area contributed by atoms with Crippen LogP contribution in [-0.2, 0) is 14.4 Å². The van der Waals surface area contributed by atoms with Crippen LogP contribution in [0.25, 0.3) is 0 Å². The fraction of sp³-hybridized carbons (Fsp3) is 0.762. The third-order valence-electron chi connectivity index (χ3n) is 5.01. The highest BCUT2D eigenvalue weighted by atomic mass is 32.2. The van der Waals surface area contributed by atoms with Crippen molar-refractivity contribution in [2.24, 2.45) is 5.92 Å². The van der Waals surface area contributed by atoms with Gasteiger partial charge in [0.2, 0.25) is 5.91 Å². The van der Waals surface area contributed by atoms with Crippen molar-refractivity contribution in [3.05, 3.63) is 11.1 Å². The number of ketones is 1. The minimum atomic E-state index is -1.04. The Hall–Kier alpha value is -1.30. The summed E-state index contributed by atoms with van der Waals surface area (Å²) in [6.45, 7) is 5.51.